The Morgan fingerprint density at radius 3 is 2.84 bits per heavy atom. The lowest BCUT2D eigenvalue weighted by Crippen LogP contribution is -2.33. The van der Waals surface area contributed by atoms with E-state index >= 15 is 0 Å². The molecule has 0 radical (unpaired) electrons. The number of anilines is 1. The van der Waals surface area contributed by atoms with Crippen LogP contribution in [0.4, 0.5) is 5.69 Å². The summed E-state index contributed by atoms with van der Waals surface area (Å²) in [5, 5.41) is 6.96. The van der Waals surface area contributed by atoms with Crippen LogP contribution in [0.5, 0.6) is 17.4 Å². The zero-order valence-corrected chi connectivity index (χ0v) is 22.1. The van der Waals surface area contributed by atoms with Crippen LogP contribution in [0, 0.1) is 0 Å². The van der Waals surface area contributed by atoms with Crippen LogP contribution in [-0.4, -0.2) is 77.6 Å². The van der Waals surface area contributed by atoms with Gasteiger partial charge in [0.05, 0.1) is 32.1 Å². The number of benzene rings is 1. The van der Waals surface area contributed by atoms with Crippen LogP contribution in [0.15, 0.2) is 59.5 Å². The number of likely N-dealkylation sites (N-methyl/N-ethyl adjacent to an activating group) is 1. The first-order chi connectivity index (χ1) is 17.9. The zero-order valence-electron chi connectivity index (χ0n) is 20.5. The lowest BCUT2D eigenvalue weighted by Gasteiger charge is -2.17. The third-order valence-corrected chi connectivity index (χ3v) is 6.13. The lowest BCUT2D eigenvalue weighted by atomic mass is 10.2. The van der Waals surface area contributed by atoms with Crippen LogP contribution in [0.1, 0.15) is 6.42 Å². The Morgan fingerprint density at radius 1 is 1.24 bits per heavy atom. The molecule has 0 aliphatic carbocycles. The number of pyridine rings is 1. The molecule has 1 aromatic carbocycles. The molecule has 2 amide bonds. The minimum absolute atomic E-state index is 0.0376. The predicted molar refractivity (Wildman–Crippen MR) is 138 cm³/mol. The van der Waals surface area contributed by atoms with E-state index in [1.54, 1.807) is 36.5 Å². The van der Waals surface area contributed by atoms with Gasteiger partial charge in [-0.25, -0.2) is 4.98 Å². The number of ether oxygens (including phenoxy) is 4. The van der Waals surface area contributed by atoms with Crippen LogP contribution < -0.4 is 19.5 Å². The molecule has 12 heteroatoms. The number of methoxy groups -OCH3 is 1. The van der Waals surface area contributed by atoms with E-state index in [1.165, 1.54) is 18.0 Å². The van der Waals surface area contributed by atoms with Gasteiger partial charge in [-0.05, 0) is 30.3 Å². The molecule has 1 N–H and O–H groups in total. The molecule has 4 rings (SSSR count). The fourth-order valence-electron chi connectivity index (χ4n) is 3.58. The van der Waals surface area contributed by atoms with Crippen molar-refractivity contribution in [3.8, 4) is 17.4 Å². The normalized spacial score (nSPS) is 16.7. The van der Waals surface area contributed by atoms with Crippen LogP contribution in [0.25, 0.3) is 0 Å². The van der Waals surface area contributed by atoms with Gasteiger partial charge in [0.25, 0.3) is 5.91 Å². The molecule has 3 aromatic rings. The van der Waals surface area contributed by atoms with Crippen molar-refractivity contribution in [2.75, 3.05) is 39.2 Å². The predicted octanol–water partition coefficient (Wildman–Crippen LogP) is 2.76. The van der Waals surface area contributed by atoms with Gasteiger partial charge in [-0.15, -0.1) is 0 Å². The van der Waals surface area contributed by atoms with Gasteiger partial charge in [0.1, 0.15) is 36.9 Å². The van der Waals surface area contributed by atoms with Gasteiger partial charge in [-0.3, -0.25) is 14.3 Å². The zero-order chi connectivity index (χ0) is 26.2. The summed E-state index contributed by atoms with van der Waals surface area (Å²) in [5.41, 5.74) is 0.478. The fourth-order valence-corrected chi connectivity index (χ4v) is 3.85. The van der Waals surface area contributed by atoms with E-state index < -0.39 is 6.10 Å². The molecule has 11 nitrogen and oxygen atoms in total. The van der Waals surface area contributed by atoms with Crippen LogP contribution in [0.2, 0.25) is 0 Å². The average molecular weight is 574 g/mol. The number of carbonyl (C=O) groups excluding carboxylic acids is 2. The van der Waals surface area contributed by atoms with Crippen LogP contribution in [0.3, 0.4) is 0 Å². The van der Waals surface area contributed by atoms with E-state index in [1.807, 2.05) is 24.3 Å². The number of carbonyl (C=O) groups is 2. The van der Waals surface area contributed by atoms with Gasteiger partial charge in [0.2, 0.25) is 11.8 Å². The molecule has 1 saturated heterocycles. The Morgan fingerprint density at radius 2 is 2.05 bits per heavy atom. The Hall–Kier alpha value is -3.64. The highest BCUT2D eigenvalue weighted by Crippen LogP contribution is 2.23. The summed E-state index contributed by atoms with van der Waals surface area (Å²) in [5.74, 6) is 1.34. The first-order valence-corrected chi connectivity index (χ1v) is 12.4. The van der Waals surface area contributed by atoms with Crippen molar-refractivity contribution in [1.29, 1.82) is 0 Å². The van der Waals surface area contributed by atoms with Crippen molar-refractivity contribution in [3.63, 3.8) is 0 Å². The molecule has 0 unspecified atom stereocenters. The van der Waals surface area contributed by atoms with Crippen molar-refractivity contribution in [3.05, 3.63) is 59.5 Å². The highest BCUT2D eigenvalue weighted by Gasteiger charge is 2.32. The van der Waals surface area contributed by atoms with Crippen molar-refractivity contribution in [2.45, 2.75) is 25.2 Å². The fraction of sp³-hybridized carbons (Fsp3) is 0.360. The largest absolute Gasteiger partial charge is 0.492 e. The summed E-state index contributed by atoms with van der Waals surface area (Å²) in [6, 6.07) is 10.9. The summed E-state index contributed by atoms with van der Waals surface area (Å²) in [6.45, 7) is 1.11. The minimum atomic E-state index is -0.657. The SMILES string of the molecule is COc1cc(O[C@@H]2CO[C@@H](C(=O)Nc3cnn(CC(=O)N(C)CCOc4ccc(Br)cc4)c3)C2)ccn1. The Balaban J connectivity index is 1.19. The number of nitrogens with zero attached hydrogens (tertiary/aromatic N) is 4. The van der Waals surface area contributed by atoms with Crippen molar-refractivity contribution >= 4 is 33.4 Å². The number of amides is 2. The molecule has 196 valence electrons. The number of rotatable bonds is 11. The van der Waals surface area contributed by atoms with Crippen molar-refractivity contribution in [1.82, 2.24) is 19.7 Å². The van der Waals surface area contributed by atoms with E-state index in [0.29, 0.717) is 36.9 Å². The van der Waals surface area contributed by atoms with Gasteiger partial charge in [0.15, 0.2) is 0 Å². The molecular weight excluding hydrogens is 546 g/mol. The maximum Gasteiger partial charge on any atom is 0.253 e. The van der Waals surface area contributed by atoms with Gasteiger partial charge in [0, 0.05) is 36.4 Å². The van der Waals surface area contributed by atoms with Gasteiger partial charge >= 0.3 is 0 Å². The first kappa shape index (κ1) is 26.4. The first-order valence-electron chi connectivity index (χ1n) is 11.6. The number of hydrogen-bond donors (Lipinski definition) is 1. The highest BCUT2D eigenvalue weighted by molar-refractivity contribution is 9.10. The smallest absolute Gasteiger partial charge is 0.253 e. The molecule has 2 atom stereocenters. The van der Waals surface area contributed by atoms with E-state index in [9.17, 15) is 9.59 Å². The van der Waals surface area contributed by atoms with E-state index in [2.05, 4.69) is 31.3 Å². The molecule has 1 fully saturated rings. The molecule has 0 saturated carbocycles. The van der Waals surface area contributed by atoms with Crippen LogP contribution >= 0.6 is 15.9 Å². The van der Waals surface area contributed by atoms with E-state index in [0.717, 1.165) is 10.2 Å². The molecule has 37 heavy (non-hydrogen) atoms. The molecule has 2 aromatic heterocycles. The summed E-state index contributed by atoms with van der Waals surface area (Å²) in [6.07, 6.45) is 4.16. The summed E-state index contributed by atoms with van der Waals surface area (Å²) in [4.78, 5) is 30.8. The maximum absolute atomic E-state index is 12.7. The Kier molecular flexibility index (Phi) is 8.96. The number of halogens is 1. The lowest BCUT2D eigenvalue weighted by molar-refractivity contribution is -0.131. The number of aromatic nitrogens is 3. The Bertz CT molecular complexity index is 1200. The standard InChI is InChI=1S/C25H28BrN5O6/c1-30(9-10-35-19-5-3-17(26)4-6-19)24(32)15-31-14-18(13-28-31)29-25(33)22-11-21(16-36-22)37-20-7-8-27-23(12-20)34-2/h3-8,12-14,21-22H,9-11,15-16H2,1-2H3,(H,29,33)/t21-,22+/m0/s1. The molecule has 3 heterocycles. The second-order valence-corrected chi connectivity index (χ2v) is 9.28. The second kappa shape index (κ2) is 12.5. The number of hydrogen-bond acceptors (Lipinski definition) is 8. The van der Waals surface area contributed by atoms with Gasteiger partial charge in [-0.1, -0.05) is 15.9 Å². The third kappa shape index (κ3) is 7.67. The quantitative estimate of drug-likeness (QED) is 0.372. The number of nitrogens with one attached hydrogen (secondary N) is 1. The molecular formula is C25H28BrN5O6. The monoisotopic (exact) mass is 573 g/mol. The summed E-state index contributed by atoms with van der Waals surface area (Å²) >= 11 is 3.38. The summed E-state index contributed by atoms with van der Waals surface area (Å²) in [7, 11) is 3.24. The van der Waals surface area contributed by atoms with Gasteiger partial charge < -0.3 is 29.2 Å². The molecule has 0 bridgehead atoms. The minimum Gasteiger partial charge on any atom is -0.492 e. The van der Waals surface area contributed by atoms with Gasteiger partial charge in [-0.2, -0.15) is 5.10 Å². The third-order valence-electron chi connectivity index (χ3n) is 5.60. The molecule has 1 aliphatic heterocycles. The molecule has 0 spiro atoms. The molecule has 1 aliphatic rings. The van der Waals surface area contributed by atoms with E-state index in [4.69, 9.17) is 18.9 Å². The maximum atomic E-state index is 12.7. The topological polar surface area (TPSA) is 117 Å². The summed E-state index contributed by atoms with van der Waals surface area (Å²) < 4.78 is 24.7. The van der Waals surface area contributed by atoms with E-state index in [-0.39, 0.29) is 31.1 Å². The highest BCUT2D eigenvalue weighted by atomic mass is 79.9. The van der Waals surface area contributed by atoms with Crippen LogP contribution in [-0.2, 0) is 20.9 Å². The Labute approximate surface area is 222 Å². The second-order valence-electron chi connectivity index (χ2n) is 8.36. The van der Waals surface area contributed by atoms with Crippen molar-refractivity contribution in [2.24, 2.45) is 0 Å². The van der Waals surface area contributed by atoms with Crippen molar-refractivity contribution < 1.29 is 28.5 Å². The average Bonchev–Trinajstić information content (AvgIpc) is 3.54.